The van der Waals surface area contributed by atoms with Gasteiger partial charge >= 0.3 is 5.97 Å². The van der Waals surface area contributed by atoms with E-state index in [-0.39, 0.29) is 40.4 Å². The maximum atomic E-state index is 15.1. The first kappa shape index (κ1) is 39.5. The first-order valence-electron chi connectivity index (χ1n) is 18.4. The summed E-state index contributed by atoms with van der Waals surface area (Å²) in [6.07, 6.45) is 0.286. The quantitative estimate of drug-likeness (QED) is 0.0405. The second-order valence-corrected chi connectivity index (χ2v) is 23.4. The molecule has 1 saturated heterocycles. The third-order valence-corrected chi connectivity index (χ3v) is 19.7. The number of fused-ring (bicyclic) bond motifs is 1. The Morgan fingerprint density at radius 3 is 1.64 bits per heavy atom. The van der Waals surface area contributed by atoms with Crippen molar-refractivity contribution in [3.8, 4) is 0 Å². The van der Waals surface area contributed by atoms with Crippen molar-refractivity contribution in [3.05, 3.63) is 139 Å². The summed E-state index contributed by atoms with van der Waals surface area (Å²) < 4.78 is 12.4. The summed E-state index contributed by atoms with van der Waals surface area (Å²) in [6, 6.07) is 32.4. The number of benzene rings is 4. The molecule has 6 rings (SSSR count). The largest absolute Gasteiger partial charge is 0.457 e. The molecule has 0 spiro atoms. The minimum Gasteiger partial charge on any atom is -0.457 e. The Bertz CT molecular complexity index is 2060. The van der Waals surface area contributed by atoms with Gasteiger partial charge in [-0.3, -0.25) is 29.0 Å². The third-order valence-electron chi connectivity index (χ3n) is 10.9. The number of esters is 1. The lowest BCUT2D eigenvalue weighted by molar-refractivity contribution is -0.152. The number of nitrogens with zero attached hydrogens (tertiary/aromatic N) is 2. The monoisotopic (exact) mass is 774 g/mol. The average Bonchev–Trinajstić information content (AvgIpc) is 3.42. The second kappa shape index (κ2) is 15.5. The zero-order valence-electron chi connectivity index (χ0n) is 32.1. The lowest BCUT2D eigenvalue weighted by atomic mass is 9.88. The first-order valence-corrected chi connectivity index (χ1v) is 23.1. The number of β-lactam (4-membered cyclic amide) rings is 1. The van der Waals surface area contributed by atoms with Gasteiger partial charge in [0.05, 0.1) is 17.2 Å². The van der Waals surface area contributed by atoms with Crippen LogP contribution in [-0.2, 0) is 23.5 Å². The van der Waals surface area contributed by atoms with Crippen LogP contribution in [0.1, 0.15) is 54.8 Å². The van der Waals surface area contributed by atoms with E-state index in [4.69, 9.17) is 9.16 Å². The normalized spacial score (nSPS) is 17.7. The van der Waals surface area contributed by atoms with Crippen LogP contribution < -0.4 is 15.9 Å². The van der Waals surface area contributed by atoms with Crippen molar-refractivity contribution in [2.75, 3.05) is 6.61 Å². The summed E-state index contributed by atoms with van der Waals surface area (Å²) >= 11 is 0. The third kappa shape index (κ3) is 6.99. The number of carbonyl (C=O) groups excluding carboxylic acids is 5. The van der Waals surface area contributed by atoms with Crippen molar-refractivity contribution in [3.63, 3.8) is 0 Å². The minimum atomic E-state index is -3.34. The molecule has 2 heterocycles. The zero-order chi connectivity index (χ0) is 39.7. The first-order chi connectivity index (χ1) is 26.2. The molecule has 0 N–H and O–H groups in total. The van der Waals surface area contributed by atoms with E-state index in [1.165, 1.54) is 11.0 Å². The standard InChI is InChI=1S/C44H47N2O7PSi/c1-8-28-52-43(51)42(54(31-20-12-9-13-21-31,32-22-14-10-15-23-32)33-24-16-11-17-25-33)45-36(29-37(47)30(2)53-55(6,7)44(3,4)5)38(41(45)50)46-39(48)34-26-18-19-27-35(34)40(46)49/h8-27,30,36,38H,1,28-29H2,2-7H3/t30-,36+,38-/m0/s1. The van der Waals surface area contributed by atoms with Crippen LogP contribution in [0.3, 0.4) is 0 Å². The molecular formula is C44H47N2O7PSi. The molecule has 0 saturated carbocycles. The van der Waals surface area contributed by atoms with E-state index in [9.17, 15) is 19.2 Å². The lowest BCUT2D eigenvalue weighted by Crippen LogP contribution is -2.74. The number of rotatable bonds is 13. The van der Waals surface area contributed by atoms with Gasteiger partial charge in [-0.2, -0.15) is 0 Å². The molecule has 1 fully saturated rings. The van der Waals surface area contributed by atoms with Gasteiger partial charge in [0.1, 0.15) is 24.2 Å². The highest BCUT2D eigenvalue weighted by molar-refractivity contribution is 7.96. The van der Waals surface area contributed by atoms with Gasteiger partial charge in [0.25, 0.3) is 17.7 Å². The fraction of sp³-hybridized carbons (Fsp3) is 0.273. The summed E-state index contributed by atoms with van der Waals surface area (Å²) in [5, 5.41) is 2.09. The second-order valence-electron chi connectivity index (χ2n) is 15.3. The van der Waals surface area contributed by atoms with Crippen molar-refractivity contribution in [2.24, 2.45) is 0 Å². The Balaban J connectivity index is 1.63. The summed E-state index contributed by atoms with van der Waals surface area (Å²) in [6.45, 7) is 12.3. The summed E-state index contributed by atoms with van der Waals surface area (Å²) in [4.78, 5) is 74.7. The van der Waals surface area contributed by atoms with E-state index in [0.29, 0.717) is 0 Å². The molecule has 3 amide bonds. The molecule has 3 atom stereocenters. The molecule has 0 aromatic heterocycles. The SMILES string of the molecule is C=CCOC(=O)C(N1C(=O)[C@@H](N2C(=O)c3ccccc3C2=O)[C@H]1CC(=O)[C@H](C)O[Si](C)(C)C(C)(C)C)=P(c1ccccc1)(c1ccccc1)c1ccccc1. The van der Waals surface area contributed by atoms with E-state index in [2.05, 4.69) is 40.4 Å². The van der Waals surface area contributed by atoms with E-state index in [0.717, 1.165) is 20.8 Å². The van der Waals surface area contributed by atoms with Gasteiger partial charge in [-0.05, 0) is 53.1 Å². The number of ether oxygens (including phenoxy) is 1. The van der Waals surface area contributed by atoms with Crippen molar-refractivity contribution in [1.82, 2.24) is 9.80 Å². The number of carbonyl (C=O) groups is 5. The molecule has 0 bridgehead atoms. The smallest absolute Gasteiger partial charge is 0.356 e. The number of likely N-dealkylation sites (tertiary alicyclic amines) is 1. The number of hydrogen-bond donors (Lipinski definition) is 0. The molecule has 0 radical (unpaired) electrons. The van der Waals surface area contributed by atoms with Crippen LogP contribution in [0.15, 0.2) is 128 Å². The predicted octanol–water partition coefficient (Wildman–Crippen LogP) is 6.08. The highest BCUT2D eigenvalue weighted by atomic mass is 31.2. The fourth-order valence-electron chi connectivity index (χ4n) is 7.16. The van der Waals surface area contributed by atoms with Gasteiger partial charge in [0, 0.05) is 13.3 Å². The van der Waals surface area contributed by atoms with E-state index < -0.39 is 57.1 Å². The van der Waals surface area contributed by atoms with Gasteiger partial charge in [0.2, 0.25) is 0 Å². The Morgan fingerprint density at radius 1 is 0.782 bits per heavy atom. The zero-order valence-corrected chi connectivity index (χ0v) is 34.0. The molecular weight excluding hydrogens is 728 g/mol. The van der Waals surface area contributed by atoms with Crippen LogP contribution in [-0.4, -0.2) is 77.8 Å². The number of Topliss-reactive ketones (excluding diaryl/α,β-unsaturated/α-hetero) is 1. The van der Waals surface area contributed by atoms with E-state index in [1.807, 2.05) is 91.0 Å². The van der Waals surface area contributed by atoms with Crippen molar-refractivity contribution < 1.29 is 33.1 Å². The van der Waals surface area contributed by atoms with Crippen LogP contribution in [0.2, 0.25) is 18.1 Å². The molecule has 2 aliphatic rings. The van der Waals surface area contributed by atoms with Crippen LogP contribution in [0.4, 0.5) is 0 Å². The number of ketones is 1. The average molecular weight is 775 g/mol. The van der Waals surface area contributed by atoms with Gasteiger partial charge in [-0.1, -0.05) is 137 Å². The van der Waals surface area contributed by atoms with Crippen molar-refractivity contribution in [2.45, 2.75) is 70.4 Å². The molecule has 0 unspecified atom stereocenters. The van der Waals surface area contributed by atoms with Crippen LogP contribution in [0.25, 0.3) is 0 Å². The molecule has 9 nitrogen and oxygen atoms in total. The Hall–Kier alpha value is -5.15. The van der Waals surface area contributed by atoms with Gasteiger partial charge in [0.15, 0.2) is 14.1 Å². The Morgan fingerprint density at radius 2 is 1.22 bits per heavy atom. The van der Waals surface area contributed by atoms with E-state index >= 15 is 4.79 Å². The van der Waals surface area contributed by atoms with Crippen LogP contribution >= 0.6 is 6.89 Å². The number of hydrogen-bond acceptors (Lipinski definition) is 7. The summed E-state index contributed by atoms with van der Waals surface area (Å²) in [5.74, 6) is -3.03. The molecule has 2 aliphatic heterocycles. The molecule has 4 aromatic rings. The maximum Gasteiger partial charge on any atom is 0.356 e. The minimum absolute atomic E-state index is 0.0339. The summed E-state index contributed by atoms with van der Waals surface area (Å²) in [5.41, 5.74) is 0.382. The Labute approximate surface area is 324 Å². The molecule has 4 aromatic carbocycles. The van der Waals surface area contributed by atoms with Crippen molar-refractivity contribution >= 4 is 66.0 Å². The fourth-order valence-corrected chi connectivity index (χ4v) is 12.9. The maximum absolute atomic E-state index is 15.1. The molecule has 284 valence electrons. The lowest BCUT2D eigenvalue weighted by Gasteiger charge is -2.51. The number of amides is 3. The van der Waals surface area contributed by atoms with Crippen molar-refractivity contribution in [1.29, 1.82) is 0 Å². The molecule has 0 aliphatic carbocycles. The van der Waals surface area contributed by atoms with Crippen LogP contribution in [0, 0.1) is 0 Å². The molecule has 11 heteroatoms. The Kier molecular flexibility index (Phi) is 11.2. The van der Waals surface area contributed by atoms with Gasteiger partial charge < -0.3 is 9.16 Å². The highest BCUT2D eigenvalue weighted by Crippen LogP contribution is 2.50. The molecule has 55 heavy (non-hydrogen) atoms. The topological polar surface area (TPSA) is 110 Å². The number of imide groups is 1. The van der Waals surface area contributed by atoms with Gasteiger partial charge in [-0.25, -0.2) is 4.79 Å². The summed E-state index contributed by atoms with van der Waals surface area (Å²) in [7, 11) is -2.43. The predicted molar refractivity (Wildman–Crippen MR) is 220 cm³/mol. The van der Waals surface area contributed by atoms with Gasteiger partial charge in [-0.15, -0.1) is 0 Å². The van der Waals surface area contributed by atoms with Crippen LogP contribution in [0.5, 0.6) is 0 Å². The van der Waals surface area contributed by atoms with E-state index in [1.54, 1.807) is 31.2 Å². The highest BCUT2D eigenvalue weighted by Gasteiger charge is 2.60.